The first-order valence-electron chi connectivity index (χ1n) is 13.9. The van der Waals surface area contributed by atoms with Gasteiger partial charge >= 0.3 is 0 Å². The molecule has 0 aliphatic carbocycles. The molecule has 9 nitrogen and oxygen atoms in total. The summed E-state index contributed by atoms with van der Waals surface area (Å²) < 4.78 is 21.6. The van der Waals surface area contributed by atoms with E-state index < -0.39 is 0 Å². The summed E-state index contributed by atoms with van der Waals surface area (Å²) in [6, 6.07) is 20.8. The molecule has 4 rings (SSSR count). The van der Waals surface area contributed by atoms with Gasteiger partial charge in [-0.2, -0.15) is 0 Å². The maximum absolute atomic E-state index is 14.0. The number of H-pyrrole nitrogens is 1. The van der Waals surface area contributed by atoms with Crippen molar-refractivity contribution in [3.05, 3.63) is 89.6 Å². The number of amides is 2. The van der Waals surface area contributed by atoms with Crippen molar-refractivity contribution in [2.45, 2.75) is 19.4 Å². The van der Waals surface area contributed by atoms with Gasteiger partial charge in [-0.3, -0.25) is 9.59 Å². The summed E-state index contributed by atoms with van der Waals surface area (Å²) in [6.07, 6.45) is 3.23. The number of hydrogen-bond donors (Lipinski definition) is 1. The maximum Gasteiger partial charge on any atom is 0.258 e. The number of carbonyl (C=O) groups excluding carboxylic acids is 2. The van der Waals surface area contributed by atoms with Gasteiger partial charge in [0.05, 0.1) is 26.9 Å². The van der Waals surface area contributed by atoms with Crippen molar-refractivity contribution in [1.82, 2.24) is 14.8 Å². The SMILES string of the molecule is COCCCN(CC(=O)N(CCc1c[nH]c2ccccc12)Cc1ccc(OC)c(OC)c1)C(=O)c1ccccc1OC. The van der Waals surface area contributed by atoms with Gasteiger partial charge in [-0.05, 0) is 54.3 Å². The molecule has 0 saturated heterocycles. The summed E-state index contributed by atoms with van der Waals surface area (Å²) in [5.41, 5.74) is 3.48. The molecule has 0 fully saturated rings. The minimum absolute atomic E-state index is 0.0816. The van der Waals surface area contributed by atoms with E-state index >= 15 is 0 Å². The molecule has 0 radical (unpaired) electrons. The van der Waals surface area contributed by atoms with Gasteiger partial charge in [0.25, 0.3) is 5.91 Å². The zero-order chi connectivity index (χ0) is 29.9. The number of rotatable bonds is 15. The molecular weight excluding hydrogens is 534 g/mol. The average molecular weight is 574 g/mol. The Morgan fingerprint density at radius 2 is 1.52 bits per heavy atom. The molecule has 2 amide bonds. The van der Waals surface area contributed by atoms with Gasteiger partial charge in [0.2, 0.25) is 5.91 Å². The smallest absolute Gasteiger partial charge is 0.258 e. The molecule has 1 aromatic heterocycles. The monoisotopic (exact) mass is 573 g/mol. The molecule has 4 aromatic rings. The van der Waals surface area contributed by atoms with Crippen molar-refractivity contribution in [3.8, 4) is 17.2 Å². The first-order valence-corrected chi connectivity index (χ1v) is 13.9. The van der Waals surface area contributed by atoms with Crippen LogP contribution in [0.15, 0.2) is 72.9 Å². The lowest BCUT2D eigenvalue weighted by Gasteiger charge is -2.28. The van der Waals surface area contributed by atoms with Crippen LogP contribution in [0.4, 0.5) is 0 Å². The Balaban J connectivity index is 1.60. The van der Waals surface area contributed by atoms with E-state index in [1.807, 2.05) is 48.7 Å². The van der Waals surface area contributed by atoms with E-state index in [1.165, 1.54) is 7.11 Å². The molecule has 0 bridgehead atoms. The number of fused-ring (bicyclic) bond motifs is 1. The van der Waals surface area contributed by atoms with Crippen LogP contribution < -0.4 is 14.2 Å². The molecule has 1 heterocycles. The molecule has 3 aromatic carbocycles. The molecule has 0 aliphatic heterocycles. The lowest BCUT2D eigenvalue weighted by molar-refractivity contribution is -0.132. The third kappa shape index (κ3) is 7.41. The van der Waals surface area contributed by atoms with E-state index in [0.717, 1.165) is 22.0 Å². The van der Waals surface area contributed by atoms with Crippen LogP contribution in [0.3, 0.4) is 0 Å². The fourth-order valence-electron chi connectivity index (χ4n) is 4.99. The fraction of sp³-hybridized carbons (Fsp3) is 0.333. The number of aromatic amines is 1. The van der Waals surface area contributed by atoms with E-state index in [0.29, 0.717) is 61.9 Å². The number of nitrogens with one attached hydrogen (secondary N) is 1. The van der Waals surface area contributed by atoms with Crippen LogP contribution in [-0.4, -0.2) is 81.3 Å². The zero-order valence-electron chi connectivity index (χ0n) is 24.7. The third-order valence-corrected chi connectivity index (χ3v) is 7.23. The Labute approximate surface area is 246 Å². The highest BCUT2D eigenvalue weighted by Crippen LogP contribution is 2.28. The maximum atomic E-state index is 14.0. The van der Waals surface area contributed by atoms with E-state index in [-0.39, 0.29) is 18.4 Å². The summed E-state index contributed by atoms with van der Waals surface area (Å²) >= 11 is 0. The summed E-state index contributed by atoms with van der Waals surface area (Å²) in [7, 11) is 6.32. The second kappa shape index (κ2) is 14.9. The minimum Gasteiger partial charge on any atom is -0.496 e. The van der Waals surface area contributed by atoms with Crippen LogP contribution in [0, 0.1) is 0 Å². The zero-order valence-corrected chi connectivity index (χ0v) is 24.7. The summed E-state index contributed by atoms with van der Waals surface area (Å²) in [5.74, 6) is 1.24. The number of para-hydroxylation sites is 2. The van der Waals surface area contributed by atoms with Gasteiger partial charge < -0.3 is 33.7 Å². The highest BCUT2D eigenvalue weighted by atomic mass is 16.5. The Morgan fingerprint density at radius 3 is 2.29 bits per heavy atom. The predicted molar refractivity (Wildman–Crippen MR) is 162 cm³/mol. The van der Waals surface area contributed by atoms with Crippen LogP contribution in [-0.2, 0) is 22.5 Å². The second-order valence-corrected chi connectivity index (χ2v) is 9.89. The van der Waals surface area contributed by atoms with E-state index in [9.17, 15) is 9.59 Å². The first-order chi connectivity index (χ1) is 20.5. The van der Waals surface area contributed by atoms with Crippen LogP contribution >= 0.6 is 0 Å². The fourth-order valence-corrected chi connectivity index (χ4v) is 4.99. The van der Waals surface area contributed by atoms with Crippen molar-refractivity contribution in [2.75, 3.05) is 54.7 Å². The van der Waals surface area contributed by atoms with Crippen LogP contribution in [0.1, 0.15) is 27.9 Å². The first kappa shape index (κ1) is 30.5. The number of methoxy groups -OCH3 is 4. The summed E-state index contributed by atoms with van der Waals surface area (Å²) in [6.45, 7) is 1.56. The van der Waals surface area contributed by atoms with Gasteiger partial charge in [0.15, 0.2) is 11.5 Å². The van der Waals surface area contributed by atoms with Gasteiger partial charge in [0, 0.05) is 50.5 Å². The normalized spacial score (nSPS) is 10.9. The van der Waals surface area contributed by atoms with E-state index in [4.69, 9.17) is 18.9 Å². The minimum atomic E-state index is -0.264. The molecule has 222 valence electrons. The lowest BCUT2D eigenvalue weighted by Crippen LogP contribution is -2.44. The number of carbonyl (C=O) groups is 2. The largest absolute Gasteiger partial charge is 0.496 e. The Morgan fingerprint density at radius 1 is 0.786 bits per heavy atom. The van der Waals surface area contributed by atoms with E-state index in [2.05, 4.69) is 11.1 Å². The Kier molecular flexibility index (Phi) is 10.8. The van der Waals surface area contributed by atoms with Gasteiger partial charge in [-0.1, -0.05) is 36.4 Å². The third-order valence-electron chi connectivity index (χ3n) is 7.23. The van der Waals surface area contributed by atoms with E-state index in [1.54, 1.807) is 49.3 Å². The lowest BCUT2D eigenvalue weighted by atomic mass is 10.1. The molecule has 1 N–H and O–H groups in total. The second-order valence-electron chi connectivity index (χ2n) is 9.89. The molecule has 0 saturated carbocycles. The molecule has 0 unspecified atom stereocenters. The highest BCUT2D eigenvalue weighted by Gasteiger charge is 2.25. The molecule has 0 aliphatic rings. The van der Waals surface area contributed by atoms with Crippen molar-refractivity contribution in [1.29, 1.82) is 0 Å². The number of aromatic nitrogens is 1. The number of hydrogen-bond acceptors (Lipinski definition) is 6. The van der Waals surface area contributed by atoms with Crippen molar-refractivity contribution < 1.29 is 28.5 Å². The standard InChI is InChI=1S/C33H39N3O6/c1-39-19-9-17-36(33(38)27-11-6-8-13-29(27)40-2)23-32(37)35(22-24-14-15-30(41-3)31(20-24)42-4)18-16-25-21-34-28-12-7-5-10-26(25)28/h5-8,10-15,20-21,34H,9,16-19,22-23H2,1-4H3. The van der Waals surface area contributed by atoms with Gasteiger partial charge in [-0.15, -0.1) is 0 Å². The quantitative estimate of drug-likeness (QED) is 0.203. The van der Waals surface area contributed by atoms with Crippen LogP contribution in [0.2, 0.25) is 0 Å². The van der Waals surface area contributed by atoms with Crippen molar-refractivity contribution in [3.63, 3.8) is 0 Å². The molecular formula is C33H39N3O6. The Hall–Kier alpha value is -4.50. The topological polar surface area (TPSA) is 93.3 Å². The number of benzene rings is 3. The Bertz CT molecular complexity index is 1480. The van der Waals surface area contributed by atoms with Crippen molar-refractivity contribution in [2.24, 2.45) is 0 Å². The molecule has 9 heteroatoms. The molecule has 0 spiro atoms. The molecule has 42 heavy (non-hydrogen) atoms. The summed E-state index contributed by atoms with van der Waals surface area (Å²) in [4.78, 5) is 34.3. The van der Waals surface area contributed by atoms with Crippen LogP contribution in [0.25, 0.3) is 10.9 Å². The number of nitrogens with zero attached hydrogens (tertiary/aromatic N) is 2. The highest BCUT2D eigenvalue weighted by molar-refractivity contribution is 5.98. The summed E-state index contributed by atoms with van der Waals surface area (Å²) in [5, 5.41) is 1.13. The van der Waals surface area contributed by atoms with Gasteiger partial charge in [0.1, 0.15) is 12.3 Å². The number of ether oxygens (including phenoxy) is 4. The molecule has 0 atom stereocenters. The van der Waals surface area contributed by atoms with Crippen molar-refractivity contribution >= 4 is 22.7 Å². The van der Waals surface area contributed by atoms with Crippen LogP contribution in [0.5, 0.6) is 17.2 Å². The predicted octanol–water partition coefficient (Wildman–Crippen LogP) is 4.94. The van der Waals surface area contributed by atoms with Gasteiger partial charge in [-0.25, -0.2) is 0 Å². The average Bonchev–Trinajstić information content (AvgIpc) is 3.45.